The van der Waals surface area contributed by atoms with E-state index in [0.717, 1.165) is 17.5 Å². The number of methoxy groups -OCH3 is 2. The molecule has 1 unspecified atom stereocenters. The highest BCUT2D eigenvalue weighted by molar-refractivity contribution is 7.22. The molecule has 9 heteroatoms. The number of amides is 1. The van der Waals surface area contributed by atoms with Gasteiger partial charge in [-0.1, -0.05) is 48.9 Å². The summed E-state index contributed by atoms with van der Waals surface area (Å²) in [7, 11) is 3.12. The highest BCUT2D eigenvalue weighted by atomic mass is 32.1. The second-order valence-electron chi connectivity index (χ2n) is 9.01. The normalized spacial score (nSPS) is 16.6. The highest BCUT2D eigenvalue weighted by Gasteiger charge is 2.48. The van der Waals surface area contributed by atoms with Gasteiger partial charge in [-0.2, -0.15) is 0 Å². The summed E-state index contributed by atoms with van der Waals surface area (Å²) in [5, 5.41) is 11.8. The molecule has 2 heterocycles. The minimum atomic E-state index is -0.924. The van der Waals surface area contributed by atoms with Crippen LogP contribution in [0.15, 0.2) is 72.3 Å². The third kappa shape index (κ3) is 5.05. The summed E-state index contributed by atoms with van der Waals surface area (Å²) in [6.45, 7) is 2.61. The summed E-state index contributed by atoms with van der Waals surface area (Å²) >= 11 is 1.27. The van der Waals surface area contributed by atoms with E-state index in [0.29, 0.717) is 45.6 Å². The van der Waals surface area contributed by atoms with E-state index in [9.17, 15) is 14.7 Å². The number of hydrogen-bond donors (Lipinski definition) is 1. The molecule has 0 radical (unpaired) electrons. The molecule has 1 saturated heterocycles. The molecule has 39 heavy (non-hydrogen) atoms. The first-order valence-electron chi connectivity index (χ1n) is 12.6. The first-order valence-corrected chi connectivity index (χ1v) is 13.4. The zero-order chi connectivity index (χ0) is 27.5. The maximum atomic E-state index is 13.5. The number of hydrogen-bond acceptors (Lipinski definition) is 8. The maximum Gasteiger partial charge on any atom is 0.301 e. The Morgan fingerprint density at radius 3 is 2.49 bits per heavy atom. The van der Waals surface area contributed by atoms with Crippen molar-refractivity contribution in [2.24, 2.45) is 0 Å². The van der Waals surface area contributed by atoms with E-state index in [1.165, 1.54) is 16.2 Å². The number of rotatable bonds is 9. The van der Waals surface area contributed by atoms with Crippen LogP contribution in [0, 0.1) is 0 Å². The van der Waals surface area contributed by atoms with Gasteiger partial charge in [0.25, 0.3) is 5.78 Å². The summed E-state index contributed by atoms with van der Waals surface area (Å²) in [4.78, 5) is 33.1. The van der Waals surface area contributed by atoms with Crippen molar-refractivity contribution in [2.45, 2.75) is 25.8 Å². The molecule has 8 nitrogen and oxygen atoms in total. The number of anilines is 1. The van der Waals surface area contributed by atoms with Crippen molar-refractivity contribution in [2.75, 3.05) is 25.7 Å². The van der Waals surface area contributed by atoms with Gasteiger partial charge in [0.2, 0.25) is 0 Å². The van der Waals surface area contributed by atoms with Gasteiger partial charge in [-0.3, -0.25) is 14.5 Å². The van der Waals surface area contributed by atoms with Crippen molar-refractivity contribution in [1.29, 1.82) is 0 Å². The first-order chi connectivity index (χ1) is 18.9. The molecule has 5 rings (SSSR count). The van der Waals surface area contributed by atoms with Gasteiger partial charge in [-0.25, -0.2) is 4.98 Å². The molecule has 1 aromatic heterocycles. The lowest BCUT2D eigenvalue weighted by Gasteiger charge is -2.23. The number of nitrogens with zero attached hydrogens (tertiary/aromatic N) is 2. The number of aliphatic hydroxyl groups excluding tert-OH is 1. The molecule has 1 aliphatic rings. The monoisotopic (exact) mass is 544 g/mol. The number of carbonyl (C=O) groups is 2. The lowest BCUT2D eigenvalue weighted by molar-refractivity contribution is -0.132. The molecule has 0 aliphatic carbocycles. The second kappa shape index (κ2) is 11.2. The minimum absolute atomic E-state index is 0.0317. The number of carbonyl (C=O) groups excluding carboxylic acids is 2. The van der Waals surface area contributed by atoms with Crippen molar-refractivity contribution in [3.63, 3.8) is 0 Å². The van der Waals surface area contributed by atoms with Gasteiger partial charge in [-0.05, 0) is 54.4 Å². The minimum Gasteiger partial charge on any atom is -0.507 e. The number of thiazole rings is 1. The topological polar surface area (TPSA) is 98.2 Å². The molecule has 1 fully saturated rings. The van der Waals surface area contributed by atoms with Crippen LogP contribution < -0.4 is 19.1 Å². The van der Waals surface area contributed by atoms with Gasteiger partial charge >= 0.3 is 5.91 Å². The van der Waals surface area contributed by atoms with Gasteiger partial charge in [0.05, 0.1) is 42.7 Å². The molecule has 1 amide bonds. The first kappa shape index (κ1) is 26.2. The number of unbranched alkanes of at least 4 members (excludes halogenated alkanes) is 1. The summed E-state index contributed by atoms with van der Waals surface area (Å²) in [5.74, 6) is -0.0732. The lowest BCUT2D eigenvalue weighted by atomic mass is 9.95. The average molecular weight is 545 g/mol. The summed E-state index contributed by atoms with van der Waals surface area (Å²) < 4.78 is 17.3. The lowest BCUT2D eigenvalue weighted by Crippen LogP contribution is -2.29. The Morgan fingerprint density at radius 1 is 0.974 bits per heavy atom. The molecule has 0 spiro atoms. The summed E-state index contributed by atoms with van der Waals surface area (Å²) in [6, 6.07) is 18.5. The number of Topliss-reactive ketones (excluding diaryl/α,β-unsaturated/α-hetero) is 1. The van der Waals surface area contributed by atoms with E-state index in [1.54, 1.807) is 74.9 Å². The Labute approximate surface area is 230 Å². The third-order valence-electron chi connectivity index (χ3n) is 6.52. The van der Waals surface area contributed by atoms with Crippen LogP contribution in [0.2, 0.25) is 0 Å². The van der Waals surface area contributed by atoms with E-state index >= 15 is 0 Å². The predicted octanol–water partition coefficient (Wildman–Crippen LogP) is 6.12. The van der Waals surface area contributed by atoms with Crippen molar-refractivity contribution in [3.05, 3.63) is 83.4 Å². The maximum absolute atomic E-state index is 13.5. The van der Waals surface area contributed by atoms with E-state index in [-0.39, 0.29) is 11.3 Å². The van der Waals surface area contributed by atoms with Gasteiger partial charge < -0.3 is 19.3 Å². The number of fused-ring (bicyclic) bond motifs is 1. The Morgan fingerprint density at radius 2 is 1.72 bits per heavy atom. The molecular weight excluding hydrogens is 516 g/mol. The van der Waals surface area contributed by atoms with Crippen LogP contribution in [0.3, 0.4) is 0 Å². The Balaban J connectivity index is 1.66. The standard InChI is InChI=1S/C30H28N2O6S/c1-4-5-14-38-22-11-7-9-19(16-22)27(33)25-26(18-8-6-10-20(15-18)36-2)32(29(35)28(25)34)30-31-23-13-12-21(37-3)17-24(23)39-30/h6-13,15-17,26,33H,4-5,14H2,1-3H3. The molecule has 3 aromatic carbocycles. The summed E-state index contributed by atoms with van der Waals surface area (Å²) in [5.41, 5.74) is 1.61. The number of ketones is 1. The van der Waals surface area contributed by atoms with Crippen LogP contribution in [0.25, 0.3) is 16.0 Å². The zero-order valence-electron chi connectivity index (χ0n) is 21.8. The largest absolute Gasteiger partial charge is 0.507 e. The fourth-order valence-corrected chi connectivity index (χ4v) is 5.52. The molecule has 200 valence electrons. The van der Waals surface area contributed by atoms with Crippen LogP contribution in [-0.2, 0) is 9.59 Å². The van der Waals surface area contributed by atoms with E-state index < -0.39 is 17.7 Å². The number of benzene rings is 3. The van der Waals surface area contributed by atoms with E-state index in [4.69, 9.17) is 14.2 Å². The van der Waals surface area contributed by atoms with Crippen LogP contribution in [0.4, 0.5) is 5.13 Å². The van der Waals surface area contributed by atoms with Gasteiger partial charge in [0.1, 0.15) is 23.0 Å². The van der Waals surface area contributed by atoms with Gasteiger partial charge in [0.15, 0.2) is 5.13 Å². The van der Waals surface area contributed by atoms with Crippen molar-refractivity contribution in [3.8, 4) is 17.2 Å². The van der Waals surface area contributed by atoms with Crippen molar-refractivity contribution < 1.29 is 28.9 Å². The highest BCUT2D eigenvalue weighted by Crippen LogP contribution is 2.45. The number of ether oxygens (including phenoxy) is 3. The summed E-state index contributed by atoms with van der Waals surface area (Å²) in [6.07, 6.45) is 1.88. The third-order valence-corrected chi connectivity index (χ3v) is 7.54. The molecule has 4 aromatic rings. The Bertz CT molecular complexity index is 1580. The zero-order valence-corrected chi connectivity index (χ0v) is 22.7. The number of aromatic nitrogens is 1. The molecule has 1 N–H and O–H groups in total. The quantitative estimate of drug-likeness (QED) is 0.117. The molecule has 0 bridgehead atoms. The average Bonchev–Trinajstić information content (AvgIpc) is 3.50. The van der Waals surface area contributed by atoms with Crippen LogP contribution in [0.1, 0.15) is 36.9 Å². The smallest absolute Gasteiger partial charge is 0.301 e. The fourth-order valence-electron chi connectivity index (χ4n) is 4.50. The SMILES string of the molecule is CCCCOc1cccc(C(O)=C2C(=O)C(=O)N(c3nc4ccc(OC)cc4s3)C2c2cccc(OC)c2)c1. The van der Waals surface area contributed by atoms with E-state index in [1.807, 2.05) is 6.07 Å². The number of aliphatic hydroxyl groups is 1. The molecule has 1 atom stereocenters. The van der Waals surface area contributed by atoms with Crippen LogP contribution in [0.5, 0.6) is 17.2 Å². The van der Waals surface area contributed by atoms with Crippen molar-refractivity contribution in [1.82, 2.24) is 4.98 Å². The Kier molecular flexibility index (Phi) is 7.51. The van der Waals surface area contributed by atoms with E-state index in [2.05, 4.69) is 11.9 Å². The van der Waals surface area contributed by atoms with Crippen molar-refractivity contribution >= 4 is 44.1 Å². The molecular formula is C30H28N2O6S. The van der Waals surface area contributed by atoms with Crippen LogP contribution in [-0.4, -0.2) is 42.6 Å². The van der Waals surface area contributed by atoms with Gasteiger partial charge in [0, 0.05) is 5.56 Å². The van der Waals surface area contributed by atoms with Gasteiger partial charge in [-0.15, -0.1) is 0 Å². The molecule has 1 aliphatic heterocycles. The predicted molar refractivity (Wildman–Crippen MR) is 151 cm³/mol. The van der Waals surface area contributed by atoms with Crippen LogP contribution >= 0.6 is 11.3 Å². The fraction of sp³-hybridized carbons (Fsp3) is 0.233. The second-order valence-corrected chi connectivity index (χ2v) is 10.0. The Hall–Kier alpha value is -4.37. The molecule has 0 saturated carbocycles.